The molecule has 2 heterocycles. The number of hydrogen-bond donors (Lipinski definition) is 0. The highest BCUT2D eigenvalue weighted by Gasteiger charge is 2.22. The molecule has 0 fully saturated rings. The molecule has 0 aliphatic heterocycles. The molecule has 0 amide bonds. The predicted molar refractivity (Wildman–Crippen MR) is 176 cm³/mol. The Morgan fingerprint density at radius 1 is 0.595 bits per heavy atom. The molecule has 3 heteroatoms. The Labute approximate surface area is 242 Å². The predicted octanol–water partition coefficient (Wildman–Crippen LogP) is 10.7. The number of benzene rings is 7. The van der Waals surface area contributed by atoms with Crippen molar-refractivity contribution in [3.8, 4) is 17.1 Å². The molecular weight excluding hydrogens is 512 g/mol. The van der Waals surface area contributed by atoms with Gasteiger partial charge in [0.2, 0.25) is 0 Å². The summed E-state index contributed by atoms with van der Waals surface area (Å²) in [4.78, 5) is 5.25. The number of para-hydroxylation sites is 3. The molecular formula is C39H26N2O. The van der Waals surface area contributed by atoms with E-state index in [-0.39, 0.29) is 0 Å². The smallest absolute Gasteiger partial charge is 0.149 e. The van der Waals surface area contributed by atoms with Gasteiger partial charge in [0.15, 0.2) is 0 Å². The van der Waals surface area contributed by atoms with E-state index in [0.717, 1.165) is 44.4 Å². The van der Waals surface area contributed by atoms with Gasteiger partial charge in [-0.1, -0.05) is 91.0 Å². The van der Waals surface area contributed by atoms with Crippen molar-refractivity contribution in [3.05, 3.63) is 132 Å². The second kappa shape index (κ2) is 8.55. The van der Waals surface area contributed by atoms with Crippen LogP contribution in [0.25, 0.3) is 82.4 Å². The fourth-order valence-corrected chi connectivity index (χ4v) is 7.03. The van der Waals surface area contributed by atoms with Gasteiger partial charge >= 0.3 is 0 Å². The van der Waals surface area contributed by atoms with Crippen LogP contribution >= 0.6 is 0 Å². The third kappa shape index (κ3) is 3.13. The molecule has 0 bridgehead atoms. The molecule has 0 saturated heterocycles. The number of furan rings is 1. The number of hydrogen-bond acceptors (Lipinski definition) is 2. The second-order valence-electron chi connectivity index (χ2n) is 11.3. The zero-order chi connectivity index (χ0) is 27.9. The molecule has 0 radical (unpaired) electrons. The molecule has 2 aromatic heterocycles. The van der Waals surface area contributed by atoms with E-state index in [0.29, 0.717) is 0 Å². The monoisotopic (exact) mass is 538 g/mol. The summed E-state index contributed by atoms with van der Waals surface area (Å²) in [5.41, 5.74) is 8.41. The van der Waals surface area contributed by atoms with Crippen LogP contribution in [0.3, 0.4) is 0 Å². The van der Waals surface area contributed by atoms with Gasteiger partial charge in [-0.2, -0.15) is 0 Å². The highest BCUT2D eigenvalue weighted by molar-refractivity contribution is 6.24. The van der Waals surface area contributed by atoms with E-state index in [1.54, 1.807) is 0 Å². The Morgan fingerprint density at radius 2 is 1.33 bits per heavy atom. The van der Waals surface area contributed by atoms with Crippen LogP contribution in [0, 0.1) is 13.8 Å². The average Bonchev–Trinajstić information content (AvgIpc) is 3.60. The van der Waals surface area contributed by atoms with Crippen molar-refractivity contribution in [1.29, 1.82) is 0 Å². The van der Waals surface area contributed by atoms with Crippen molar-refractivity contribution in [1.82, 2.24) is 9.55 Å². The van der Waals surface area contributed by atoms with Crippen molar-refractivity contribution in [2.24, 2.45) is 0 Å². The van der Waals surface area contributed by atoms with Crippen LogP contribution in [0.4, 0.5) is 0 Å². The van der Waals surface area contributed by atoms with Gasteiger partial charge in [-0.15, -0.1) is 0 Å². The molecule has 0 unspecified atom stereocenters. The first kappa shape index (κ1) is 23.3. The van der Waals surface area contributed by atoms with Gasteiger partial charge in [0.1, 0.15) is 17.0 Å². The summed E-state index contributed by atoms with van der Waals surface area (Å²) >= 11 is 0. The summed E-state index contributed by atoms with van der Waals surface area (Å²) in [6.07, 6.45) is 0. The van der Waals surface area contributed by atoms with Gasteiger partial charge in [-0.05, 0) is 87.6 Å². The first-order valence-electron chi connectivity index (χ1n) is 14.4. The molecule has 0 aliphatic rings. The SMILES string of the molecule is Cc1cc2ccccc2c(C)c1-n1c(-c2cccc3c2oc2ccc4c5ccccc5ccc4c23)nc2ccccc21. The van der Waals surface area contributed by atoms with Crippen molar-refractivity contribution in [2.45, 2.75) is 13.8 Å². The molecule has 9 aromatic rings. The summed E-state index contributed by atoms with van der Waals surface area (Å²) in [5, 5.41) is 9.70. The Hall–Kier alpha value is -5.41. The molecule has 9 rings (SSSR count). The number of imidazole rings is 1. The fraction of sp³-hybridized carbons (Fsp3) is 0.0513. The van der Waals surface area contributed by atoms with Crippen molar-refractivity contribution in [3.63, 3.8) is 0 Å². The lowest BCUT2D eigenvalue weighted by Gasteiger charge is -2.18. The van der Waals surface area contributed by atoms with Gasteiger partial charge in [0.25, 0.3) is 0 Å². The summed E-state index contributed by atoms with van der Waals surface area (Å²) in [6.45, 7) is 4.42. The Bertz CT molecular complexity index is 2550. The lowest BCUT2D eigenvalue weighted by molar-refractivity contribution is 0.669. The molecule has 0 saturated carbocycles. The molecule has 7 aromatic carbocycles. The van der Waals surface area contributed by atoms with E-state index in [1.807, 2.05) is 0 Å². The van der Waals surface area contributed by atoms with Crippen molar-refractivity contribution >= 4 is 65.3 Å². The fourth-order valence-electron chi connectivity index (χ4n) is 7.03. The summed E-state index contributed by atoms with van der Waals surface area (Å²) in [5.74, 6) is 0.886. The van der Waals surface area contributed by atoms with E-state index in [9.17, 15) is 0 Å². The minimum absolute atomic E-state index is 0.862. The molecule has 198 valence electrons. The highest BCUT2D eigenvalue weighted by Crippen LogP contribution is 2.42. The first-order chi connectivity index (χ1) is 20.7. The van der Waals surface area contributed by atoms with Crippen LogP contribution in [0.15, 0.2) is 126 Å². The maximum absolute atomic E-state index is 6.72. The van der Waals surface area contributed by atoms with Crippen LogP contribution in [0.1, 0.15) is 11.1 Å². The molecule has 0 N–H and O–H groups in total. The minimum Gasteiger partial charge on any atom is -0.455 e. The lowest BCUT2D eigenvalue weighted by atomic mass is 9.97. The van der Waals surface area contributed by atoms with Gasteiger partial charge < -0.3 is 4.42 Å². The summed E-state index contributed by atoms with van der Waals surface area (Å²) in [6, 6.07) is 43.1. The van der Waals surface area contributed by atoms with Crippen LogP contribution in [0.2, 0.25) is 0 Å². The Kier molecular flexibility index (Phi) is 4.74. The standard InChI is InChI=1S/C39H26N2O/c1-23-22-26-11-4-5-12-27(26)24(2)37(23)41-34-17-8-7-16-33(34)40-39(41)32-15-9-14-31-36-30-19-18-25-10-3-6-13-28(25)29(30)20-21-35(36)42-38(31)32/h3-22H,1-2H3. The van der Waals surface area contributed by atoms with E-state index in [4.69, 9.17) is 9.40 Å². The van der Waals surface area contributed by atoms with Gasteiger partial charge in [-0.3, -0.25) is 4.57 Å². The van der Waals surface area contributed by atoms with Crippen LogP contribution < -0.4 is 0 Å². The normalized spacial score (nSPS) is 12.0. The molecule has 0 atom stereocenters. The average molecular weight is 539 g/mol. The van der Waals surface area contributed by atoms with E-state index in [2.05, 4.69) is 140 Å². The molecule has 0 aliphatic carbocycles. The number of fused-ring (bicyclic) bond motifs is 9. The van der Waals surface area contributed by atoms with E-state index in [1.165, 1.54) is 49.1 Å². The number of aryl methyl sites for hydroxylation is 2. The summed E-state index contributed by atoms with van der Waals surface area (Å²) < 4.78 is 9.06. The third-order valence-corrected chi connectivity index (χ3v) is 8.88. The van der Waals surface area contributed by atoms with E-state index < -0.39 is 0 Å². The Balaban J connectivity index is 1.39. The largest absolute Gasteiger partial charge is 0.455 e. The number of rotatable bonds is 2. The Morgan fingerprint density at radius 3 is 2.24 bits per heavy atom. The van der Waals surface area contributed by atoms with Gasteiger partial charge in [0, 0.05) is 10.8 Å². The maximum atomic E-state index is 6.72. The van der Waals surface area contributed by atoms with Crippen LogP contribution in [-0.4, -0.2) is 9.55 Å². The summed E-state index contributed by atoms with van der Waals surface area (Å²) in [7, 11) is 0. The third-order valence-electron chi connectivity index (χ3n) is 8.88. The van der Waals surface area contributed by atoms with Gasteiger partial charge in [-0.25, -0.2) is 4.98 Å². The number of nitrogens with zero attached hydrogens (tertiary/aromatic N) is 2. The topological polar surface area (TPSA) is 31.0 Å². The van der Waals surface area contributed by atoms with Crippen molar-refractivity contribution < 1.29 is 4.42 Å². The quantitative estimate of drug-likeness (QED) is 0.205. The highest BCUT2D eigenvalue weighted by atomic mass is 16.3. The molecule has 0 spiro atoms. The molecule has 3 nitrogen and oxygen atoms in total. The second-order valence-corrected chi connectivity index (χ2v) is 11.3. The van der Waals surface area contributed by atoms with Crippen LogP contribution in [-0.2, 0) is 0 Å². The van der Waals surface area contributed by atoms with Crippen LogP contribution in [0.5, 0.6) is 0 Å². The maximum Gasteiger partial charge on any atom is 0.149 e. The zero-order valence-electron chi connectivity index (χ0n) is 23.3. The van der Waals surface area contributed by atoms with Gasteiger partial charge in [0.05, 0.1) is 22.3 Å². The minimum atomic E-state index is 0.862. The van der Waals surface area contributed by atoms with E-state index >= 15 is 0 Å². The molecule has 42 heavy (non-hydrogen) atoms. The zero-order valence-corrected chi connectivity index (χ0v) is 23.3. The first-order valence-corrected chi connectivity index (χ1v) is 14.4. The lowest BCUT2D eigenvalue weighted by Crippen LogP contribution is -2.03. The van der Waals surface area contributed by atoms with Crippen molar-refractivity contribution in [2.75, 3.05) is 0 Å². The number of aromatic nitrogens is 2.